The van der Waals surface area contributed by atoms with Crippen LogP contribution in [0, 0.1) is 5.92 Å². The molecule has 0 saturated heterocycles. The van der Waals surface area contributed by atoms with Gasteiger partial charge in [0.25, 0.3) is 5.91 Å². The summed E-state index contributed by atoms with van der Waals surface area (Å²) in [6, 6.07) is 14.2. The van der Waals surface area contributed by atoms with Gasteiger partial charge in [0.2, 0.25) is 18.0 Å². The van der Waals surface area contributed by atoms with Gasteiger partial charge in [-0.3, -0.25) is 14.4 Å². The molecule has 0 radical (unpaired) electrons. The highest BCUT2D eigenvalue weighted by Crippen LogP contribution is 2.31. The molecule has 0 saturated carbocycles. The summed E-state index contributed by atoms with van der Waals surface area (Å²) in [6.45, 7) is 0.865. The van der Waals surface area contributed by atoms with Crippen LogP contribution in [0.3, 0.4) is 0 Å². The lowest BCUT2D eigenvalue weighted by molar-refractivity contribution is -0.143. The number of fused-ring (bicyclic) bond motifs is 1. The van der Waals surface area contributed by atoms with E-state index in [1.165, 1.54) is 0 Å². The molecule has 1 heterocycles. The first-order valence-electron chi connectivity index (χ1n) is 11.5. The number of ether oxygens (including phenoxy) is 1. The minimum atomic E-state index is -4.53. The Balaban J connectivity index is 1.96. The maximum absolute atomic E-state index is 13.2. The molecule has 12 heteroatoms. The number of primary amides is 1. The molecule has 198 valence electrons. The summed E-state index contributed by atoms with van der Waals surface area (Å²) in [5, 5.41) is 8.35. The number of nitrogens with zero attached hydrogens (tertiary/aromatic N) is 1. The fraction of sp³-hybridized carbons (Fsp3) is 0.360. The first kappa shape index (κ1) is 27.7. The zero-order chi connectivity index (χ0) is 27.0. The second kappa shape index (κ2) is 12.3. The second-order valence-corrected chi connectivity index (χ2v) is 8.41. The van der Waals surface area contributed by atoms with Crippen LogP contribution in [0.15, 0.2) is 53.5 Å². The number of nitrogens with two attached hydrogens (primary N) is 1. The number of benzene rings is 2. The fourth-order valence-corrected chi connectivity index (χ4v) is 3.85. The number of carbonyl (C=O) groups excluding carboxylic acids is 3. The number of hydrogen-bond acceptors (Lipinski definition) is 6. The summed E-state index contributed by atoms with van der Waals surface area (Å²) in [5.41, 5.74) is 7.78. The predicted molar refractivity (Wildman–Crippen MR) is 132 cm³/mol. The Kier molecular flexibility index (Phi) is 9.23. The standard InChI is InChI=1S/C25H28F3N5O4/c1-37-13-12-30-18-9-5-8-17-20(15-6-3-2-4-7-15)31-22(24(36)32-21(17)18)33-23(35)16(14-19(29)34)10-11-25(26,27)28/h2-9,16,22,30H,10-14H2,1H3,(H2,29,34)(H,32,36)(H,33,35). The molecule has 3 amide bonds. The van der Waals surface area contributed by atoms with Gasteiger partial charge in [-0.05, 0) is 12.5 Å². The summed E-state index contributed by atoms with van der Waals surface area (Å²) < 4.78 is 43.4. The Labute approximate surface area is 211 Å². The van der Waals surface area contributed by atoms with Gasteiger partial charge in [-0.25, -0.2) is 4.99 Å². The van der Waals surface area contributed by atoms with Crippen LogP contribution in [-0.2, 0) is 19.1 Å². The fourth-order valence-electron chi connectivity index (χ4n) is 3.85. The van der Waals surface area contributed by atoms with Crippen molar-refractivity contribution in [3.8, 4) is 0 Å². The highest BCUT2D eigenvalue weighted by Gasteiger charge is 2.34. The van der Waals surface area contributed by atoms with Crippen molar-refractivity contribution in [1.29, 1.82) is 0 Å². The Morgan fingerprint density at radius 3 is 2.54 bits per heavy atom. The molecule has 37 heavy (non-hydrogen) atoms. The highest BCUT2D eigenvalue weighted by molar-refractivity contribution is 6.21. The number of para-hydroxylation sites is 1. The van der Waals surface area contributed by atoms with E-state index in [-0.39, 0.29) is 0 Å². The number of carbonyl (C=O) groups is 3. The molecule has 0 fully saturated rings. The number of hydrogen-bond donors (Lipinski definition) is 4. The van der Waals surface area contributed by atoms with Crippen molar-refractivity contribution in [2.24, 2.45) is 16.6 Å². The van der Waals surface area contributed by atoms with Crippen molar-refractivity contribution in [3.05, 3.63) is 59.7 Å². The van der Waals surface area contributed by atoms with Gasteiger partial charge in [-0.2, -0.15) is 13.2 Å². The average molecular weight is 520 g/mol. The molecule has 2 unspecified atom stereocenters. The lowest BCUT2D eigenvalue weighted by Gasteiger charge is -2.19. The Hall–Kier alpha value is -3.93. The first-order valence-corrected chi connectivity index (χ1v) is 11.5. The van der Waals surface area contributed by atoms with Crippen molar-refractivity contribution in [2.45, 2.75) is 31.6 Å². The number of aliphatic imine (C=N–C) groups is 1. The lowest BCUT2D eigenvalue weighted by atomic mass is 9.97. The highest BCUT2D eigenvalue weighted by atomic mass is 19.4. The molecule has 9 nitrogen and oxygen atoms in total. The molecule has 0 spiro atoms. The maximum atomic E-state index is 13.2. The molecule has 2 aromatic rings. The number of halogens is 3. The number of rotatable bonds is 11. The topological polar surface area (TPSA) is 135 Å². The summed E-state index contributed by atoms with van der Waals surface area (Å²) in [4.78, 5) is 42.0. The van der Waals surface area contributed by atoms with E-state index in [0.29, 0.717) is 41.4 Å². The van der Waals surface area contributed by atoms with Crippen molar-refractivity contribution in [2.75, 3.05) is 30.9 Å². The van der Waals surface area contributed by atoms with Crippen molar-refractivity contribution >= 4 is 34.8 Å². The molecule has 5 N–H and O–H groups in total. The van der Waals surface area contributed by atoms with Crippen LogP contribution in [0.5, 0.6) is 0 Å². The van der Waals surface area contributed by atoms with Gasteiger partial charge in [-0.15, -0.1) is 0 Å². The van der Waals surface area contributed by atoms with Gasteiger partial charge in [0.15, 0.2) is 0 Å². The van der Waals surface area contributed by atoms with E-state index in [1.807, 2.05) is 6.07 Å². The first-order chi connectivity index (χ1) is 17.6. The molecule has 1 aliphatic rings. The second-order valence-electron chi connectivity index (χ2n) is 8.41. The van der Waals surface area contributed by atoms with Crippen molar-refractivity contribution in [3.63, 3.8) is 0 Å². The monoisotopic (exact) mass is 519 g/mol. The SMILES string of the molecule is COCCNc1cccc2c1NC(=O)C(NC(=O)C(CCC(F)(F)F)CC(N)=O)N=C2c1ccccc1. The van der Waals surface area contributed by atoms with Crippen LogP contribution in [-0.4, -0.2) is 56.0 Å². The van der Waals surface area contributed by atoms with Gasteiger partial charge in [0, 0.05) is 43.5 Å². The van der Waals surface area contributed by atoms with Crippen LogP contribution >= 0.6 is 0 Å². The van der Waals surface area contributed by atoms with E-state index >= 15 is 0 Å². The van der Waals surface area contributed by atoms with Crippen molar-refractivity contribution in [1.82, 2.24) is 5.32 Å². The van der Waals surface area contributed by atoms with E-state index in [1.54, 1.807) is 49.6 Å². The number of anilines is 2. The maximum Gasteiger partial charge on any atom is 0.389 e. The van der Waals surface area contributed by atoms with Crippen LogP contribution < -0.4 is 21.7 Å². The van der Waals surface area contributed by atoms with Crippen molar-refractivity contribution < 1.29 is 32.3 Å². The predicted octanol–water partition coefficient (Wildman–Crippen LogP) is 2.81. The van der Waals surface area contributed by atoms with Crippen LogP contribution in [0.25, 0.3) is 0 Å². The number of benzodiazepines with no additional fused rings is 1. The Morgan fingerprint density at radius 1 is 1.16 bits per heavy atom. The van der Waals surface area contributed by atoms with E-state index in [9.17, 15) is 27.6 Å². The van der Waals surface area contributed by atoms with E-state index in [0.717, 1.165) is 0 Å². The summed E-state index contributed by atoms with van der Waals surface area (Å²) in [5.74, 6) is -3.93. The van der Waals surface area contributed by atoms with Gasteiger partial charge in [0.05, 0.1) is 23.7 Å². The molecule has 0 aromatic heterocycles. The molecule has 3 rings (SSSR count). The van der Waals surface area contributed by atoms with Crippen LogP contribution in [0.1, 0.15) is 30.4 Å². The number of nitrogens with one attached hydrogen (secondary N) is 3. The Bertz CT molecular complexity index is 1150. The molecular formula is C25H28F3N5O4. The quantitative estimate of drug-likeness (QED) is 0.339. The number of alkyl halides is 3. The largest absolute Gasteiger partial charge is 0.389 e. The minimum absolute atomic E-state index is 0.386. The van der Waals surface area contributed by atoms with Gasteiger partial charge in [0.1, 0.15) is 0 Å². The third kappa shape index (κ3) is 7.78. The Morgan fingerprint density at radius 2 is 1.89 bits per heavy atom. The lowest BCUT2D eigenvalue weighted by Crippen LogP contribution is -2.45. The van der Waals surface area contributed by atoms with Gasteiger partial charge < -0.3 is 26.4 Å². The van der Waals surface area contributed by atoms with Crippen LogP contribution in [0.4, 0.5) is 24.5 Å². The number of methoxy groups -OCH3 is 1. The normalized spacial score (nSPS) is 16.1. The molecule has 0 bridgehead atoms. The molecule has 0 aliphatic carbocycles. The number of amides is 3. The van der Waals surface area contributed by atoms with Gasteiger partial charge in [-0.1, -0.05) is 42.5 Å². The summed E-state index contributed by atoms with van der Waals surface area (Å²) in [7, 11) is 1.56. The third-order valence-corrected chi connectivity index (χ3v) is 5.62. The zero-order valence-corrected chi connectivity index (χ0v) is 20.1. The van der Waals surface area contributed by atoms with Crippen LogP contribution in [0.2, 0.25) is 0 Å². The summed E-state index contributed by atoms with van der Waals surface area (Å²) >= 11 is 0. The van der Waals surface area contributed by atoms with E-state index in [2.05, 4.69) is 20.9 Å². The molecule has 2 atom stereocenters. The molecule has 2 aromatic carbocycles. The molecular weight excluding hydrogens is 491 g/mol. The third-order valence-electron chi connectivity index (χ3n) is 5.62. The average Bonchev–Trinajstić information content (AvgIpc) is 2.98. The molecule has 1 aliphatic heterocycles. The van der Waals surface area contributed by atoms with Gasteiger partial charge >= 0.3 is 6.18 Å². The van der Waals surface area contributed by atoms with E-state index < -0.39 is 55.2 Å². The smallest absolute Gasteiger partial charge is 0.383 e. The minimum Gasteiger partial charge on any atom is -0.383 e. The zero-order valence-electron chi connectivity index (χ0n) is 20.1. The summed E-state index contributed by atoms with van der Waals surface area (Å²) in [6.07, 6.45) is -8.53. The van der Waals surface area contributed by atoms with E-state index in [4.69, 9.17) is 10.5 Å².